The molecule has 0 aliphatic carbocycles. The van der Waals surface area contributed by atoms with E-state index in [-0.39, 0.29) is 17.1 Å². The summed E-state index contributed by atoms with van der Waals surface area (Å²) in [6, 6.07) is 5.92. The van der Waals surface area contributed by atoms with Gasteiger partial charge < -0.3 is 10.2 Å². The van der Waals surface area contributed by atoms with Crippen LogP contribution >= 0.6 is 0 Å². The maximum absolute atomic E-state index is 10.6. The highest BCUT2D eigenvalue weighted by atomic mass is 16.3. The Morgan fingerprint density at radius 1 is 1.00 bits per heavy atom. The van der Waals surface area contributed by atoms with Gasteiger partial charge in [-0.2, -0.15) is 0 Å². The Kier molecular flexibility index (Phi) is 2.32. The van der Waals surface area contributed by atoms with E-state index in [9.17, 15) is 19.8 Å². The highest BCUT2D eigenvalue weighted by Crippen LogP contribution is 2.34. The number of carbonyl (C=O) groups is 2. The molecule has 0 fully saturated rings. The zero-order valence-corrected chi connectivity index (χ0v) is 8.18. The van der Waals surface area contributed by atoms with Crippen molar-refractivity contribution < 1.29 is 19.8 Å². The number of hydrogen-bond donors (Lipinski definition) is 2. The van der Waals surface area contributed by atoms with Crippen LogP contribution in [0.15, 0.2) is 24.3 Å². The Balaban J connectivity index is 2.86. The smallest absolute Gasteiger partial charge is 0.157 e. The maximum Gasteiger partial charge on any atom is 0.157 e. The third kappa shape index (κ3) is 1.40. The molecule has 4 nitrogen and oxygen atoms in total. The lowest BCUT2D eigenvalue weighted by atomic mass is 10.0. The summed E-state index contributed by atoms with van der Waals surface area (Å²) in [5, 5.41) is 20.1. The first-order chi connectivity index (χ1) is 7.67. The van der Waals surface area contributed by atoms with Crippen LogP contribution < -0.4 is 0 Å². The molecule has 2 rings (SSSR count). The van der Waals surface area contributed by atoms with E-state index in [4.69, 9.17) is 0 Å². The van der Waals surface area contributed by atoms with Gasteiger partial charge in [0.1, 0.15) is 17.8 Å². The molecule has 4 heteroatoms. The number of benzene rings is 2. The van der Waals surface area contributed by atoms with Gasteiger partial charge in [0.25, 0.3) is 0 Å². The second-order valence-corrected chi connectivity index (χ2v) is 3.37. The summed E-state index contributed by atoms with van der Waals surface area (Å²) in [5.41, 5.74) is 0.288. The number of aldehydes is 2. The summed E-state index contributed by atoms with van der Waals surface area (Å²) < 4.78 is 0. The zero-order chi connectivity index (χ0) is 11.7. The minimum absolute atomic E-state index is 0.147. The van der Waals surface area contributed by atoms with E-state index in [1.165, 1.54) is 24.3 Å². The highest BCUT2D eigenvalue weighted by molar-refractivity contribution is 6.00. The minimum atomic E-state index is -0.303. The van der Waals surface area contributed by atoms with Crippen LogP contribution in [-0.4, -0.2) is 22.8 Å². The van der Waals surface area contributed by atoms with E-state index in [0.717, 1.165) is 0 Å². The number of fused-ring (bicyclic) bond motifs is 1. The standard InChI is InChI=1S/C12H8O4/c13-5-7-1-2-9-8(3-7)4-11(15)10(6-14)12(9)16/h1-6,15-16H. The van der Waals surface area contributed by atoms with Gasteiger partial charge in [-0.3, -0.25) is 9.59 Å². The van der Waals surface area contributed by atoms with Crippen LogP contribution in [0.5, 0.6) is 11.5 Å². The number of phenolic OH excluding ortho intramolecular Hbond substituents is 2. The Hall–Kier alpha value is -2.36. The predicted molar refractivity (Wildman–Crippen MR) is 58.1 cm³/mol. The van der Waals surface area contributed by atoms with Gasteiger partial charge in [0.2, 0.25) is 0 Å². The SMILES string of the molecule is O=Cc1ccc2c(O)c(C=O)c(O)cc2c1. The zero-order valence-electron chi connectivity index (χ0n) is 8.18. The lowest BCUT2D eigenvalue weighted by molar-refractivity contribution is 0.111. The largest absolute Gasteiger partial charge is 0.507 e. The van der Waals surface area contributed by atoms with E-state index in [2.05, 4.69) is 0 Å². The van der Waals surface area contributed by atoms with Crippen molar-refractivity contribution in [1.82, 2.24) is 0 Å². The molecule has 2 N–H and O–H groups in total. The average Bonchev–Trinajstić information content (AvgIpc) is 2.28. The van der Waals surface area contributed by atoms with Crippen LogP contribution in [0.2, 0.25) is 0 Å². The second kappa shape index (κ2) is 3.66. The number of phenols is 2. The third-order valence-corrected chi connectivity index (χ3v) is 2.41. The summed E-state index contributed by atoms with van der Waals surface area (Å²) in [4.78, 5) is 21.2. The summed E-state index contributed by atoms with van der Waals surface area (Å²) in [6.07, 6.45) is 1.05. The van der Waals surface area contributed by atoms with Gasteiger partial charge >= 0.3 is 0 Å². The quantitative estimate of drug-likeness (QED) is 0.751. The molecule has 0 heterocycles. The number of hydrogen-bond acceptors (Lipinski definition) is 4. The number of aromatic hydroxyl groups is 2. The summed E-state index contributed by atoms with van der Waals surface area (Å²) in [5.74, 6) is -0.578. The van der Waals surface area contributed by atoms with E-state index >= 15 is 0 Å². The molecule has 0 atom stereocenters. The van der Waals surface area contributed by atoms with E-state index in [1.54, 1.807) is 0 Å². The van der Waals surface area contributed by atoms with Crippen LogP contribution in [0.4, 0.5) is 0 Å². The lowest BCUT2D eigenvalue weighted by Gasteiger charge is -2.06. The molecule has 0 unspecified atom stereocenters. The van der Waals surface area contributed by atoms with E-state index in [0.29, 0.717) is 28.9 Å². The van der Waals surface area contributed by atoms with Gasteiger partial charge in [0.15, 0.2) is 6.29 Å². The molecule has 2 aromatic rings. The van der Waals surface area contributed by atoms with Crippen LogP contribution in [-0.2, 0) is 0 Å². The first-order valence-corrected chi connectivity index (χ1v) is 4.56. The van der Waals surface area contributed by atoms with Gasteiger partial charge in [-0.15, -0.1) is 0 Å². The minimum Gasteiger partial charge on any atom is -0.507 e. The molecular weight excluding hydrogens is 208 g/mol. The van der Waals surface area contributed by atoms with E-state index < -0.39 is 0 Å². The Labute approximate surface area is 90.8 Å². The van der Waals surface area contributed by atoms with Crippen molar-refractivity contribution in [1.29, 1.82) is 0 Å². The van der Waals surface area contributed by atoms with Gasteiger partial charge in [0.05, 0.1) is 5.56 Å². The molecule has 80 valence electrons. The van der Waals surface area contributed by atoms with Crippen LogP contribution in [0.25, 0.3) is 10.8 Å². The first kappa shape index (κ1) is 10.2. The normalized spacial score (nSPS) is 10.2. The van der Waals surface area contributed by atoms with Gasteiger partial charge in [-0.25, -0.2) is 0 Å². The molecule has 0 amide bonds. The lowest BCUT2D eigenvalue weighted by Crippen LogP contribution is -1.87. The fourth-order valence-electron chi connectivity index (χ4n) is 1.60. The van der Waals surface area contributed by atoms with Crippen LogP contribution in [0.1, 0.15) is 20.7 Å². The topological polar surface area (TPSA) is 74.6 Å². The van der Waals surface area contributed by atoms with Crippen molar-refractivity contribution in [2.45, 2.75) is 0 Å². The Bertz CT molecular complexity index is 587. The fraction of sp³-hybridized carbons (Fsp3) is 0. The third-order valence-electron chi connectivity index (χ3n) is 2.41. The molecular formula is C12H8O4. The maximum atomic E-state index is 10.6. The summed E-state index contributed by atoms with van der Waals surface area (Å²) in [6.45, 7) is 0. The molecule has 2 aromatic carbocycles. The molecule has 0 saturated heterocycles. The van der Waals surface area contributed by atoms with Gasteiger partial charge in [-0.1, -0.05) is 6.07 Å². The van der Waals surface area contributed by atoms with E-state index in [1.807, 2.05) is 0 Å². The van der Waals surface area contributed by atoms with Crippen molar-refractivity contribution in [2.75, 3.05) is 0 Å². The Morgan fingerprint density at radius 2 is 1.75 bits per heavy atom. The molecule has 0 radical (unpaired) electrons. The molecule has 16 heavy (non-hydrogen) atoms. The molecule has 0 saturated carbocycles. The predicted octanol–water partition coefficient (Wildman–Crippen LogP) is 1.88. The second-order valence-electron chi connectivity index (χ2n) is 3.37. The molecule has 0 aromatic heterocycles. The number of carbonyl (C=O) groups excluding carboxylic acids is 2. The number of rotatable bonds is 2. The average molecular weight is 216 g/mol. The molecule has 0 spiro atoms. The van der Waals surface area contributed by atoms with Gasteiger partial charge in [-0.05, 0) is 23.6 Å². The molecule has 0 bridgehead atoms. The first-order valence-electron chi connectivity index (χ1n) is 4.56. The van der Waals surface area contributed by atoms with Crippen molar-refractivity contribution in [3.8, 4) is 11.5 Å². The fourth-order valence-corrected chi connectivity index (χ4v) is 1.60. The highest BCUT2D eigenvalue weighted by Gasteiger charge is 2.11. The summed E-state index contributed by atoms with van der Waals surface area (Å²) in [7, 11) is 0. The monoisotopic (exact) mass is 216 g/mol. The van der Waals surface area contributed by atoms with Crippen molar-refractivity contribution in [3.63, 3.8) is 0 Å². The van der Waals surface area contributed by atoms with Crippen LogP contribution in [0, 0.1) is 0 Å². The van der Waals surface area contributed by atoms with Crippen LogP contribution in [0.3, 0.4) is 0 Å². The van der Waals surface area contributed by atoms with Crippen molar-refractivity contribution in [2.24, 2.45) is 0 Å². The molecule has 0 aliphatic rings. The van der Waals surface area contributed by atoms with Crippen molar-refractivity contribution >= 4 is 23.3 Å². The Morgan fingerprint density at radius 3 is 2.38 bits per heavy atom. The molecule has 0 aliphatic heterocycles. The van der Waals surface area contributed by atoms with Crippen molar-refractivity contribution in [3.05, 3.63) is 35.4 Å². The van der Waals surface area contributed by atoms with Gasteiger partial charge in [0, 0.05) is 10.9 Å². The summed E-state index contributed by atoms with van der Waals surface area (Å²) >= 11 is 0.